The zero-order valence-corrected chi connectivity index (χ0v) is 17.4. The number of nitrogens with one attached hydrogen (secondary N) is 2. The normalized spacial score (nSPS) is 11.8. The summed E-state index contributed by atoms with van der Waals surface area (Å²) in [5, 5.41) is 7.72. The average molecular weight is 408 g/mol. The van der Waals surface area contributed by atoms with Crippen LogP contribution in [0.5, 0.6) is 0 Å². The maximum Gasteiger partial charge on any atom is 0.265 e. The molecule has 0 spiro atoms. The second-order valence-electron chi connectivity index (χ2n) is 7.03. The van der Waals surface area contributed by atoms with Gasteiger partial charge in [-0.3, -0.25) is 9.59 Å². The van der Waals surface area contributed by atoms with E-state index in [9.17, 15) is 9.59 Å². The van der Waals surface area contributed by atoms with E-state index in [1.54, 1.807) is 30.3 Å². The van der Waals surface area contributed by atoms with Gasteiger partial charge in [-0.2, -0.15) is 0 Å². The summed E-state index contributed by atoms with van der Waals surface area (Å²) >= 11 is 1.39. The molecule has 2 N–H and O–H groups in total. The van der Waals surface area contributed by atoms with Crippen LogP contribution in [0.2, 0.25) is 0 Å². The lowest BCUT2D eigenvalue weighted by Crippen LogP contribution is -2.41. The van der Waals surface area contributed by atoms with Crippen LogP contribution in [0, 0.1) is 0 Å². The Labute approximate surface area is 175 Å². The summed E-state index contributed by atoms with van der Waals surface area (Å²) in [5.41, 5.74) is 2.47. The minimum Gasteiger partial charge on any atom is -0.350 e. The second-order valence-corrected chi connectivity index (χ2v) is 7.97. The summed E-state index contributed by atoms with van der Waals surface area (Å²) in [4.78, 5) is 27.4. The highest BCUT2D eigenvalue weighted by atomic mass is 32.1. The number of thiophene rings is 1. The van der Waals surface area contributed by atoms with Gasteiger partial charge in [-0.05, 0) is 61.8 Å². The van der Waals surface area contributed by atoms with Gasteiger partial charge in [0.1, 0.15) is 0 Å². The van der Waals surface area contributed by atoms with Crippen molar-refractivity contribution in [3.63, 3.8) is 0 Å². The molecule has 1 aromatic heterocycles. The quantitative estimate of drug-likeness (QED) is 0.595. The first-order valence-corrected chi connectivity index (χ1v) is 10.3. The van der Waals surface area contributed by atoms with Crippen LogP contribution in [-0.2, 0) is 6.42 Å². The molecule has 0 aliphatic heterocycles. The summed E-state index contributed by atoms with van der Waals surface area (Å²) in [7, 11) is 4.04. The number of hydrogen-bond acceptors (Lipinski definition) is 4. The van der Waals surface area contributed by atoms with Gasteiger partial charge in [0.05, 0.1) is 4.88 Å². The van der Waals surface area contributed by atoms with E-state index >= 15 is 0 Å². The molecule has 0 fully saturated rings. The van der Waals surface area contributed by atoms with Crippen LogP contribution in [-0.4, -0.2) is 43.4 Å². The van der Waals surface area contributed by atoms with Crippen LogP contribution in [0.15, 0.2) is 72.1 Å². The topological polar surface area (TPSA) is 61.4 Å². The van der Waals surface area contributed by atoms with Gasteiger partial charge in [0.2, 0.25) is 0 Å². The number of nitrogens with zero attached hydrogens (tertiary/aromatic N) is 1. The highest BCUT2D eigenvalue weighted by Gasteiger charge is 2.15. The van der Waals surface area contributed by atoms with Crippen molar-refractivity contribution >= 4 is 28.8 Å². The number of amides is 2. The fourth-order valence-corrected chi connectivity index (χ4v) is 3.56. The number of likely N-dealkylation sites (N-methyl/N-ethyl adjacent to an activating group) is 1. The van der Waals surface area contributed by atoms with Gasteiger partial charge in [0.15, 0.2) is 0 Å². The molecule has 6 heteroatoms. The van der Waals surface area contributed by atoms with Gasteiger partial charge >= 0.3 is 0 Å². The van der Waals surface area contributed by atoms with Crippen LogP contribution < -0.4 is 10.6 Å². The Morgan fingerprint density at radius 2 is 1.66 bits per heavy atom. The molecule has 3 aromatic rings. The Balaban J connectivity index is 1.55. The van der Waals surface area contributed by atoms with Crippen LogP contribution in [0.25, 0.3) is 0 Å². The predicted octanol–water partition coefficient (Wildman–Crippen LogP) is 3.90. The van der Waals surface area contributed by atoms with Crippen molar-refractivity contribution < 1.29 is 9.59 Å². The molecular formula is C23H25N3O2S. The molecule has 0 bridgehead atoms. The van der Waals surface area contributed by atoms with E-state index in [2.05, 4.69) is 27.7 Å². The summed E-state index contributed by atoms with van der Waals surface area (Å²) in [6, 6.07) is 21.0. The number of carbonyl (C=O) groups excluding carboxylic acids is 2. The molecule has 5 nitrogen and oxygen atoms in total. The minimum absolute atomic E-state index is 0.124. The Morgan fingerprint density at radius 3 is 2.28 bits per heavy atom. The highest BCUT2D eigenvalue weighted by Crippen LogP contribution is 2.14. The lowest BCUT2D eigenvalue weighted by Gasteiger charge is -2.24. The van der Waals surface area contributed by atoms with Crippen molar-refractivity contribution in [1.29, 1.82) is 0 Å². The Bertz CT molecular complexity index is 923. The van der Waals surface area contributed by atoms with E-state index in [1.165, 1.54) is 16.9 Å². The first kappa shape index (κ1) is 20.8. The SMILES string of the molecule is CN(C)C(CNC(=O)c1ccc(NC(=O)c2cccs2)cc1)Cc1ccccc1. The molecule has 3 rings (SSSR count). The van der Waals surface area contributed by atoms with Crippen LogP contribution in [0.4, 0.5) is 5.69 Å². The number of anilines is 1. The van der Waals surface area contributed by atoms with Gasteiger partial charge < -0.3 is 15.5 Å². The van der Waals surface area contributed by atoms with E-state index in [-0.39, 0.29) is 17.9 Å². The van der Waals surface area contributed by atoms with Gasteiger partial charge in [-0.25, -0.2) is 0 Å². The molecule has 0 saturated carbocycles. The van der Waals surface area contributed by atoms with Gasteiger partial charge in [-0.1, -0.05) is 36.4 Å². The molecule has 1 atom stereocenters. The van der Waals surface area contributed by atoms with Gasteiger partial charge in [0, 0.05) is 23.8 Å². The van der Waals surface area contributed by atoms with Crippen molar-refractivity contribution in [3.8, 4) is 0 Å². The first-order chi connectivity index (χ1) is 14.0. The van der Waals surface area contributed by atoms with Crippen LogP contribution in [0.3, 0.4) is 0 Å². The molecule has 1 heterocycles. The Kier molecular flexibility index (Phi) is 7.16. The smallest absolute Gasteiger partial charge is 0.265 e. The zero-order valence-electron chi connectivity index (χ0n) is 16.6. The van der Waals surface area contributed by atoms with Gasteiger partial charge in [0.25, 0.3) is 11.8 Å². The molecule has 0 aliphatic carbocycles. The monoisotopic (exact) mass is 407 g/mol. The fraction of sp³-hybridized carbons (Fsp3) is 0.217. The molecule has 2 amide bonds. The van der Waals surface area contributed by atoms with E-state index < -0.39 is 0 Å². The van der Waals surface area contributed by atoms with Crippen molar-refractivity contribution in [2.45, 2.75) is 12.5 Å². The predicted molar refractivity (Wildman–Crippen MR) is 119 cm³/mol. The lowest BCUT2D eigenvalue weighted by molar-refractivity contribution is 0.0941. The highest BCUT2D eigenvalue weighted by molar-refractivity contribution is 7.12. The number of benzene rings is 2. The fourth-order valence-electron chi connectivity index (χ4n) is 2.94. The number of carbonyl (C=O) groups is 2. The van der Waals surface area contributed by atoms with Crippen molar-refractivity contribution in [2.24, 2.45) is 0 Å². The zero-order chi connectivity index (χ0) is 20.6. The largest absolute Gasteiger partial charge is 0.350 e. The number of hydrogen-bond donors (Lipinski definition) is 2. The van der Waals surface area contributed by atoms with Crippen LogP contribution in [0.1, 0.15) is 25.6 Å². The van der Waals surface area contributed by atoms with E-state index in [1.807, 2.05) is 43.7 Å². The second kappa shape index (κ2) is 10.0. The van der Waals surface area contributed by atoms with Crippen molar-refractivity contribution in [1.82, 2.24) is 10.2 Å². The van der Waals surface area contributed by atoms with E-state index in [0.717, 1.165) is 6.42 Å². The first-order valence-electron chi connectivity index (χ1n) is 9.46. The van der Waals surface area contributed by atoms with Gasteiger partial charge in [-0.15, -0.1) is 11.3 Å². The summed E-state index contributed by atoms with van der Waals surface area (Å²) in [6.45, 7) is 0.553. The molecule has 0 saturated heterocycles. The molecule has 29 heavy (non-hydrogen) atoms. The molecule has 1 unspecified atom stereocenters. The number of rotatable bonds is 8. The van der Waals surface area contributed by atoms with E-state index in [4.69, 9.17) is 0 Å². The standard InChI is InChI=1S/C23H25N3O2S/c1-26(2)20(15-17-7-4-3-5-8-17)16-24-22(27)18-10-12-19(13-11-18)25-23(28)21-9-6-14-29-21/h3-14,20H,15-16H2,1-2H3,(H,24,27)(H,25,28). The van der Waals surface area contributed by atoms with E-state index in [0.29, 0.717) is 22.7 Å². The Morgan fingerprint density at radius 1 is 0.931 bits per heavy atom. The summed E-state index contributed by atoms with van der Waals surface area (Å²) in [6.07, 6.45) is 0.863. The minimum atomic E-state index is -0.146. The molecular weight excluding hydrogens is 382 g/mol. The van der Waals surface area contributed by atoms with Crippen molar-refractivity contribution in [2.75, 3.05) is 26.0 Å². The molecule has 0 aliphatic rings. The maximum absolute atomic E-state index is 12.5. The molecule has 0 radical (unpaired) electrons. The Hall–Kier alpha value is -2.96. The summed E-state index contributed by atoms with van der Waals surface area (Å²) < 4.78 is 0. The third-order valence-corrected chi connectivity index (χ3v) is 5.56. The lowest BCUT2D eigenvalue weighted by atomic mass is 10.0. The van der Waals surface area contributed by atoms with Crippen molar-refractivity contribution in [3.05, 3.63) is 88.1 Å². The maximum atomic E-state index is 12.5. The summed E-state index contributed by atoms with van der Waals surface area (Å²) in [5.74, 6) is -0.270. The van der Waals surface area contributed by atoms with Crippen LogP contribution >= 0.6 is 11.3 Å². The third kappa shape index (κ3) is 6.01. The molecule has 150 valence electrons. The third-order valence-electron chi connectivity index (χ3n) is 4.69. The average Bonchev–Trinajstić information content (AvgIpc) is 3.27. The molecule has 2 aromatic carbocycles.